The Kier molecular flexibility index (Phi) is 54.9. The smallest absolute Gasteiger partial charge is 0.549 e. The minimum Gasteiger partial charge on any atom is -0.549 e. The summed E-state index contributed by atoms with van der Waals surface area (Å²) in [6.45, 7) is 3.42. The zero-order valence-electron chi connectivity index (χ0n) is 14.3. The van der Waals surface area contributed by atoms with Crippen LogP contribution in [-0.2, 0) is 14.4 Å². The number of quaternary nitrogens is 1. The second-order valence-corrected chi connectivity index (χ2v) is 3.21. The average Bonchev–Trinajstić information content (AvgIpc) is 2.28. The molecule has 0 aliphatic rings. The predicted molar refractivity (Wildman–Crippen MR) is 75.7 cm³/mol. The Balaban J connectivity index is -0.0000000619. The van der Waals surface area contributed by atoms with Gasteiger partial charge in [0.25, 0.3) is 0 Å². The molecule has 0 aromatic rings. The van der Waals surface area contributed by atoms with Gasteiger partial charge in [-0.15, -0.1) is 0 Å². The number of hydrogen-bond donors (Lipinski definition) is 4. The van der Waals surface area contributed by atoms with Crippen LogP contribution < -0.4 is 21.5 Å². The summed E-state index contributed by atoms with van der Waals surface area (Å²) in [5.74, 6) is -4.70. The Bertz CT molecular complexity index is 238. The summed E-state index contributed by atoms with van der Waals surface area (Å²) in [7, 11) is 0. The number of nitrogens with zero attached hydrogens (tertiary/aromatic N) is 1. The standard InChI is InChI=1S/C6H9NO6.3C2H6O.Dy.H3N/c8-4(9)1-7(2-5(10)11)3-6(12)13;3*1-2-3;;/h1-3H2,(H,8,9)(H,10,11)(H,12,13);3*3H,2H2,1H3;;1H3/q;;;;+2;/p-2. The summed E-state index contributed by atoms with van der Waals surface area (Å²) >= 11 is 0. The second-order valence-electron chi connectivity index (χ2n) is 3.21. The molecule has 0 fully saturated rings. The van der Waals surface area contributed by atoms with Gasteiger partial charge < -0.3 is 51.2 Å². The van der Waals surface area contributed by atoms with Gasteiger partial charge in [0.2, 0.25) is 0 Å². The number of carbonyl (C=O) groups excluding carboxylic acids is 3. The van der Waals surface area contributed by atoms with Crippen molar-refractivity contribution in [1.29, 1.82) is 0 Å². The second kappa shape index (κ2) is 33.9. The normalized spacial score (nSPS) is 7.62. The van der Waals surface area contributed by atoms with E-state index in [1.165, 1.54) is 0 Å². The first-order valence-electron chi connectivity index (χ1n) is 6.30. The molecule has 7 N–H and O–H groups in total. The monoisotopic (exact) mass is 508 g/mol. The fourth-order valence-corrected chi connectivity index (χ4v) is 0.715. The molecule has 0 aliphatic carbocycles. The van der Waals surface area contributed by atoms with Gasteiger partial charge in [-0.05, 0) is 20.8 Å². The van der Waals surface area contributed by atoms with E-state index < -0.39 is 37.5 Å². The minimum atomic E-state index is -1.57. The number of hydrogen-bond acceptors (Lipinski definition) is 10. The number of aliphatic hydroxyl groups excluding tert-OH is 3. The van der Waals surface area contributed by atoms with E-state index in [2.05, 4.69) is 0 Å². The van der Waals surface area contributed by atoms with Gasteiger partial charge in [0.05, 0.1) is 17.9 Å². The summed E-state index contributed by atoms with van der Waals surface area (Å²) < 4.78 is 0. The molecule has 0 saturated carbocycles. The van der Waals surface area contributed by atoms with Crippen molar-refractivity contribution in [3.05, 3.63) is 0 Å². The largest absolute Gasteiger partial charge is 2.00 e. The Morgan fingerprint density at radius 3 is 0.917 bits per heavy atom. The van der Waals surface area contributed by atoms with Crippen LogP contribution in [0.4, 0.5) is 0 Å². The molecule has 150 valence electrons. The van der Waals surface area contributed by atoms with Gasteiger partial charge in [0.15, 0.2) is 0 Å². The van der Waals surface area contributed by atoms with Crippen LogP contribution in [0.25, 0.3) is 0 Å². The molecule has 0 aliphatic heterocycles. The van der Waals surface area contributed by atoms with Crippen molar-refractivity contribution in [2.75, 3.05) is 39.5 Å². The van der Waals surface area contributed by atoms with E-state index in [0.29, 0.717) is 4.90 Å². The molecule has 0 amide bonds. The molecule has 0 radical (unpaired) electrons. The summed E-state index contributed by atoms with van der Waals surface area (Å²) in [6.07, 6.45) is 0. The van der Waals surface area contributed by atoms with E-state index >= 15 is 0 Å². The third kappa shape index (κ3) is 68.4. The molecule has 0 bridgehead atoms. The Morgan fingerprint density at radius 1 is 0.708 bits per heavy atom. The van der Waals surface area contributed by atoms with Gasteiger partial charge in [0, 0.05) is 39.5 Å². The van der Waals surface area contributed by atoms with Crippen molar-refractivity contribution in [2.24, 2.45) is 0 Å². The van der Waals surface area contributed by atoms with Crippen LogP contribution in [-0.4, -0.2) is 77.6 Å². The third-order valence-corrected chi connectivity index (χ3v) is 1.06. The molecular formula is C12H28DyN2O9. The van der Waals surface area contributed by atoms with Crippen LogP contribution in [0, 0.1) is 38.2 Å². The molecule has 0 rings (SSSR count). The molecule has 11 nitrogen and oxygen atoms in total. The summed E-state index contributed by atoms with van der Waals surface area (Å²) in [5, 5.41) is 52.7. The quantitative estimate of drug-likeness (QED) is 0.268. The van der Waals surface area contributed by atoms with Crippen LogP contribution in [0.5, 0.6) is 0 Å². The molecule has 0 unspecified atom stereocenters. The van der Waals surface area contributed by atoms with Crippen molar-refractivity contribution >= 4 is 17.9 Å². The van der Waals surface area contributed by atoms with Crippen LogP contribution in [0.15, 0.2) is 0 Å². The van der Waals surface area contributed by atoms with E-state index in [0.717, 1.165) is 0 Å². The van der Waals surface area contributed by atoms with E-state index in [-0.39, 0.29) is 64.1 Å². The zero-order valence-corrected chi connectivity index (χ0v) is 16.3. The molecule has 0 aromatic carbocycles. The van der Waals surface area contributed by atoms with Crippen molar-refractivity contribution in [3.63, 3.8) is 0 Å². The maximum atomic E-state index is 9.99. The summed E-state index contributed by atoms with van der Waals surface area (Å²) in [6, 6.07) is 0. The van der Waals surface area contributed by atoms with Gasteiger partial charge in [-0.25, -0.2) is 0 Å². The summed E-state index contributed by atoms with van der Waals surface area (Å²) in [5.41, 5.74) is 0. The molecule has 0 spiro atoms. The fraction of sp³-hybridized carbons (Fsp3) is 0.750. The Hall–Kier alpha value is -0.517. The first-order valence-corrected chi connectivity index (χ1v) is 6.30. The van der Waals surface area contributed by atoms with Crippen molar-refractivity contribution in [1.82, 2.24) is 11.1 Å². The van der Waals surface area contributed by atoms with Gasteiger partial charge in [0.1, 0.15) is 0 Å². The van der Waals surface area contributed by atoms with Crippen LogP contribution in [0.1, 0.15) is 20.8 Å². The number of carbonyl (C=O) groups is 3. The first-order chi connectivity index (χ1) is 10.2. The number of carboxylic acids is 3. The average molecular weight is 507 g/mol. The molecule has 0 atom stereocenters. The van der Waals surface area contributed by atoms with Gasteiger partial charge in [-0.3, -0.25) is 4.90 Å². The maximum Gasteiger partial charge on any atom is 2.00 e. The molecule has 0 aromatic heterocycles. The topological polar surface area (TPSA) is 221 Å². The molecule has 24 heavy (non-hydrogen) atoms. The van der Waals surface area contributed by atoms with Crippen molar-refractivity contribution in [2.45, 2.75) is 20.8 Å². The maximum absolute atomic E-state index is 9.99. The van der Waals surface area contributed by atoms with E-state index in [1.54, 1.807) is 20.8 Å². The van der Waals surface area contributed by atoms with E-state index in [1.807, 2.05) is 0 Å². The SMILES string of the molecule is CCO.CCO.CCO.O=C([O-])CN(CC(=O)[O-])CC(=O)[O-].[Dy+2].[NH4+]. The number of carboxylic acid groups (broad SMARTS) is 3. The number of aliphatic carboxylic acids is 3. The number of rotatable bonds is 6. The Labute approximate surface area is 171 Å². The van der Waals surface area contributed by atoms with E-state index in [4.69, 9.17) is 15.3 Å². The number of aliphatic hydroxyl groups is 3. The van der Waals surface area contributed by atoms with Crippen molar-refractivity contribution < 1.29 is 83.2 Å². The van der Waals surface area contributed by atoms with Gasteiger partial charge in [-0.2, -0.15) is 0 Å². The summed E-state index contributed by atoms with van der Waals surface area (Å²) in [4.78, 5) is 30.6. The molecular weight excluding hydrogens is 479 g/mol. The van der Waals surface area contributed by atoms with E-state index in [9.17, 15) is 29.7 Å². The zero-order chi connectivity index (χ0) is 18.6. The first kappa shape index (κ1) is 38.8. The third-order valence-electron chi connectivity index (χ3n) is 1.06. The molecule has 0 heterocycles. The Morgan fingerprint density at radius 2 is 0.833 bits per heavy atom. The fourth-order valence-electron chi connectivity index (χ4n) is 0.715. The molecule has 12 heteroatoms. The minimum absolute atomic E-state index is 0. The predicted octanol–water partition coefficient (Wildman–Crippen LogP) is -5.09. The van der Waals surface area contributed by atoms with Crippen molar-refractivity contribution in [3.8, 4) is 0 Å². The van der Waals surface area contributed by atoms with Gasteiger partial charge in [-0.1, -0.05) is 0 Å². The van der Waals surface area contributed by atoms with Gasteiger partial charge >= 0.3 is 38.2 Å². The van der Waals surface area contributed by atoms with Crippen LogP contribution in [0.3, 0.4) is 0 Å². The van der Waals surface area contributed by atoms with Crippen LogP contribution in [0.2, 0.25) is 0 Å². The van der Waals surface area contributed by atoms with Crippen LogP contribution >= 0.6 is 0 Å². The molecule has 0 saturated heterocycles.